The molecule has 30 heavy (non-hydrogen) atoms. The Hall–Kier alpha value is -2.83. The summed E-state index contributed by atoms with van der Waals surface area (Å²) in [4.78, 5) is 24.1. The number of carbonyl (C=O) groups excluding carboxylic acids is 2. The van der Waals surface area contributed by atoms with E-state index >= 15 is 0 Å². The second-order valence-corrected chi connectivity index (χ2v) is 6.91. The molecule has 0 N–H and O–H groups in total. The standard InChI is InChI=1S/C23H25F3O4/c1-29-19-13-10-18(11-14-19)22(28)17(12-15-21(27)23(24,25)26)7-5-6-16-30-20-8-3-2-4-9-20/h2-4,8-11,13-14,17H,5-7,12,15-16H2,1H3. The third kappa shape index (κ3) is 7.54. The largest absolute Gasteiger partial charge is 0.497 e. The van der Waals surface area contributed by atoms with Gasteiger partial charge in [-0.1, -0.05) is 18.2 Å². The van der Waals surface area contributed by atoms with Crippen LogP contribution in [0.5, 0.6) is 11.5 Å². The van der Waals surface area contributed by atoms with Crippen molar-refractivity contribution in [2.75, 3.05) is 13.7 Å². The molecule has 0 aromatic heterocycles. The third-order valence-electron chi connectivity index (χ3n) is 4.74. The molecule has 0 fully saturated rings. The molecule has 1 unspecified atom stereocenters. The fraction of sp³-hybridized carbons (Fsp3) is 0.391. The summed E-state index contributed by atoms with van der Waals surface area (Å²) in [6.07, 6.45) is -4.08. The first kappa shape index (κ1) is 23.4. The van der Waals surface area contributed by atoms with Crippen LogP contribution in [0.3, 0.4) is 0 Å². The van der Waals surface area contributed by atoms with Gasteiger partial charge in [0.2, 0.25) is 5.78 Å². The molecule has 7 heteroatoms. The van der Waals surface area contributed by atoms with Crippen molar-refractivity contribution in [2.24, 2.45) is 5.92 Å². The molecule has 162 valence electrons. The van der Waals surface area contributed by atoms with Crippen LogP contribution in [0.25, 0.3) is 0 Å². The molecule has 0 aliphatic carbocycles. The van der Waals surface area contributed by atoms with Gasteiger partial charge in [-0.25, -0.2) is 0 Å². The Kier molecular flexibility index (Phi) is 8.89. The second kappa shape index (κ2) is 11.4. The minimum Gasteiger partial charge on any atom is -0.497 e. The van der Waals surface area contributed by atoms with Gasteiger partial charge >= 0.3 is 6.18 Å². The summed E-state index contributed by atoms with van der Waals surface area (Å²) in [6, 6.07) is 15.7. The van der Waals surface area contributed by atoms with Crippen molar-refractivity contribution in [3.8, 4) is 11.5 Å². The molecule has 0 heterocycles. The topological polar surface area (TPSA) is 52.6 Å². The van der Waals surface area contributed by atoms with Crippen LogP contribution < -0.4 is 9.47 Å². The van der Waals surface area contributed by atoms with Crippen molar-refractivity contribution in [1.82, 2.24) is 0 Å². The second-order valence-electron chi connectivity index (χ2n) is 6.91. The number of para-hydroxylation sites is 1. The lowest BCUT2D eigenvalue weighted by Gasteiger charge is -2.16. The monoisotopic (exact) mass is 422 g/mol. The molecule has 0 bridgehead atoms. The highest BCUT2D eigenvalue weighted by Crippen LogP contribution is 2.26. The highest BCUT2D eigenvalue weighted by atomic mass is 19.4. The van der Waals surface area contributed by atoms with Crippen molar-refractivity contribution < 1.29 is 32.2 Å². The van der Waals surface area contributed by atoms with E-state index in [0.29, 0.717) is 37.2 Å². The van der Waals surface area contributed by atoms with Crippen LogP contribution in [0.4, 0.5) is 13.2 Å². The summed E-state index contributed by atoms with van der Waals surface area (Å²) in [5.41, 5.74) is 0.390. The maximum atomic E-state index is 12.8. The predicted octanol–water partition coefficient (Wildman–Crippen LogP) is 5.66. The van der Waals surface area contributed by atoms with E-state index in [2.05, 4.69) is 0 Å². The minimum atomic E-state index is -4.88. The molecule has 4 nitrogen and oxygen atoms in total. The molecule has 0 radical (unpaired) electrons. The van der Waals surface area contributed by atoms with Crippen LogP contribution in [-0.4, -0.2) is 31.5 Å². The SMILES string of the molecule is COc1ccc(C(=O)C(CCCCOc2ccccc2)CCC(=O)C(F)(F)F)cc1. The Morgan fingerprint density at radius 3 is 2.17 bits per heavy atom. The van der Waals surface area contributed by atoms with E-state index in [1.807, 2.05) is 30.3 Å². The van der Waals surface area contributed by atoms with Crippen molar-refractivity contribution in [3.05, 3.63) is 60.2 Å². The highest BCUT2D eigenvalue weighted by Gasteiger charge is 2.38. The summed E-state index contributed by atoms with van der Waals surface area (Å²) in [6.45, 7) is 0.439. The quantitative estimate of drug-likeness (QED) is 0.327. The molecule has 0 aliphatic rings. The fourth-order valence-electron chi connectivity index (χ4n) is 3.04. The van der Waals surface area contributed by atoms with Crippen LogP contribution in [0.1, 0.15) is 42.5 Å². The summed E-state index contributed by atoms with van der Waals surface area (Å²) < 4.78 is 48.3. The first-order chi connectivity index (χ1) is 14.3. The lowest BCUT2D eigenvalue weighted by atomic mass is 9.88. The number of methoxy groups -OCH3 is 1. The summed E-state index contributed by atoms with van der Waals surface area (Å²) in [5, 5.41) is 0. The number of alkyl halides is 3. The lowest BCUT2D eigenvalue weighted by molar-refractivity contribution is -0.171. The number of unbranched alkanes of at least 4 members (excludes halogenated alkanes) is 1. The van der Waals surface area contributed by atoms with Gasteiger partial charge in [0, 0.05) is 17.9 Å². The molecule has 0 amide bonds. The van der Waals surface area contributed by atoms with Crippen molar-refractivity contribution in [3.63, 3.8) is 0 Å². The predicted molar refractivity (Wildman–Crippen MR) is 107 cm³/mol. The highest BCUT2D eigenvalue weighted by molar-refractivity contribution is 5.98. The zero-order valence-corrected chi connectivity index (χ0v) is 16.8. The summed E-state index contributed by atoms with van der Waals surface area (Å²) in [5.74, 6) is -1.42. The number of benzene rings is 2. The van der Waals surface area contributed by atoms with Gasteiger partial charge in [0.25, 0.3) is 0 Å². The molecule has 0 saturated carbocycles. The third-order valence-corrected chi connectivity index (χ3v) is 4.74. The van der Waals surface area contributed by atoms with E-state index < -0.39 is 24.3 Å². The number of Topliss-reactive ketones (excluding diaryl/α,β-unsaturated/α-hetero) is 2. The molecule has 2 aromatic carbocycles. The van der Waals surface area contributed by atoms with Crippen LogP contribution in [0.2, 0.25) is 0 Å². The average Bonchev–Trinajstić information content (AvgIpc) is 2.75. The Labute approximate surface area is 174 Å². The number of ether oxygens (including phenoxy) is 2. The Morgan fingerprint density at radius 1 is 0.900 bits per heavy atom. The molecule has 0 aliphatic heterocycles. The number of ketones is 2. The van der Waals surface area contributed by atoms with E-state index in [1.54, 1.807) is 24.3 Å². The van der Waals surface area contributed by atoms with E-state index in [0.717, 1.165) is 5.75 Å². The molecule has 1 atom stereocenters. The number of halogens is 3. The van der Waals surface area contributed by atoms with E-state index in [4.69, 9.17) is 9.47 Å². The first-order valence-corrected chi connectivity index (χ1v) is 9.77. The van der Waals surface area contributed by atoms with Gasteiger partial charge in [-0.2, -0.15) is 13.2 Å². The van der Waals surface area contributed by atoms with Gasteiger partial charge in [-0.05, 0) is 62.1 Å². The van der Waals surface area contributed by atoms with Gasteiger partial charge in [0.15, 0.2) is 5.78 Å². The molecule has 2 rings (SSSR count). The van der Waals surface area contributed by atoms with E-state index in [1.165, 1.54) is 7.11 Å². The van der Waals surface area contributed by atoms with Crippen molar-refractivity contribution in [1.29, 1.82) is 0 Å². The van der Waals surface area contributed by atoms with Crippen LogP contribution in [0.15, 0.2) is 54.6 Å². The molecular formula is C23H25F3O4. The molecule has 0 spiro atoms. The van der Waals surface area contributed by atoms with Gasteiger partial charge < -0.3 is 9.47 Å². The minimum absolute atomic E-state index is 0.136. The Bertz CT molecular complexity index is 801. The van der Waals surface area contributed by atoms with Gasteiger partial charge in [0.1, 0.15) is 11.5 Å². The average molecular weight is 422 g/mol. The van der Waals surface area contributed by atoms with E-state index in [-0.39, 0.29) is 12.2 Å². The zero-order valence-electron chi connectivity index (χ0n) is 16.8. The number of hydrogen-bond donors (Lipinski definition) is 0. The van der Waals surface area contributed by atoms with E-state index in [9.17, 15) is 22.8 Å². The van der Waals surface area contributed by atoms with Crippen LogP contribution >= 0.6 is 0 Å². The van der Waals surface area contributed by atoms with Crippen molar-refractivity contribution >= 4 is 11.6 Å². The lowest BCUT2D eigenvalue weighted by Crippen LogP contribution is -2.25. The van der Waals surface area contributed by atoms with Crippen LogP contribution in [0, 0.1) is 5.92 Å². The summed E-state index contributed by atoms with van der Waals surface area (Å²) >= 11 is 0. The smallest absolute Gasteiger partial charge is 0.449 e. The van der Waals surface area contributed by atoms with Crippen molar-refractivity contribution in [2.45, 2.75) is 38.3 Å². The number of hydrogen-bond acceptors (Lipinski definition) is 4. The normalized spacial score (nSPS) is 12.3. The zero-order chi connectivity index (χ0) is 22.0. The Balaban J connectivity index is 1.93. The van der Waals surface area contributed by atoms with Gasteiger partial charge in [0.05, 0.1) is 13.7 Å². The molecule has 0 saturated heterocycles. The maximum Gasteiger partial charge on any atom is 0.449 e. The maximum absolute atomic E-state index is 12.8. The fourth-order valence-corrected chi connectivity index (χ4v) is 3.04. The first-order valence-electron chi connectivity index (χ1n) is 9.77. The summed E-state index contributed by atoms with van der Waals surface area (Å²) in [7, 11) is 1.50. The number of carbonyl (C=O) groups is 2. The van der Waals surface area contributed by atoms with Crippen LogP contribution in [-0.2, 0) is 4.79 Å². The number of rotatable bonds is 12. The Morgan fingerprint density at radius 2 is 1.57 bits per heavy atom. The van der Waals surface area contributed by atoms with Gasteiger partial charge in [-0.15, -0.1) is 0 Å². The van der Waals surface area contributed by atoms with Gasteiger partial charge in [-0.3, -0.25) is 9.59 Å². The molecular weight excluding hydrogens is 397 g/mol. The molecule has 2 aromatic rings.